The van der Waals surface area contributed by atoms with Gasteiger partial charge in [0.25, 0.3) is 5.91 Å². The van der Waals surface area contributed by atoms with E-state index in [2.05, 4.69) is 12.2 Å². The van der Waals surface area contributed by atoms with Gasteiger partial charge in [-0.15, -0.1) is 0 Å². The van der Waals surface area contributed by atoms with Crippen LogP contribution in [0.25, 0.3) is 0 Å². The highest BCUT2D eigenvalue weighted by Crippen LogP contribution is 2.57. The van der Waals surface area contributed by atoms with Crippen molar-refractivity contribution in [2.24, 2.45) is 17.8 Å². The molecule has 0 aliphatic heterocycles. The van der Waals surface area contributed by atoms with E-state index in [0.717, 1.165) is 23.3 Å². The van der Waals surface area contributed by atoms with Gasteiger partial charge in [0.15, 0.2) is 0 Å². The number of aryl methyl sites for hydroxylation is 1. The number of ether oxygens (including phenoxy) is 1. The fourth-order valence-electron chi connectivity index (χ4n) is 5.69. The summed E-state index contributed by atoms with van der Waals surface area (Å²) in [5, 5.41) is 3.04. The molecule has 4 aliphatic carbocycles. The van der Waals surface area contributed by atoms with Crippen LogP contribution in [0.2, 0.25) is 0 Å². The minimum Gasteiger partial charge on any atom is -0.370 e. The Balaban J connectivity index is 1.31. The monoisotopic (exact) mass is 327 g/mol. The summed E-state index contributed by atoms with van der Waals surface area (Å²) >= 11 is 0. The first-order valence-electron chi connectivity index (χ1n) is 9.54. The van der Waals surface area contributed by atoms with Gasteiger partial charge in [0.1, 0.15) is 0 Å². The van der Waals surface area contributed by atoms with E-state index in [4.69, 9.17) is 4.74 Å². The molecule has 1 N–H and O–H groups in total. The molecule has 4 fully saturated rings. The van der Waals surface area contributed by atoms with Crippen LogP contribution in [0.1, 0.15) is 61.4 Å². The molecule has 1 aromatic carbocycles. The summed E-state index contributed by atoms with van der Waals surface area (Å²) in [6.07, 6.45) is 8.11. The molecule has 0 radical (unpaired) electrons. The van der Waals surface area contributed by atoms with E-state index in [0.29, 0.717) is 6.54 Å². The van der Waals surface area contributed by atoms with E-state index in [-0.39, 0.29) is 17.6 Å². The van der Waals surface area contributed by atoms with Crippen molar-refractivity contribution in [1.29, 1.82) is 0 Å². The number of hydrogen-bond donors (Lipinski definition) is 1. The molecule has 0 spiro atoms. The SMILES string of the molecule is Cc1ccc(C(=O)NC[C@@H](C)OC23CC4CC(CC(C4)C2)C3)cc1. The molecule has 1 aromatic rings. The van der Waals surface area contributed by atoms with E-state index < -0.39 is 0 Å². The van der Waals surface area contributed by atoms with Crippen molar-refractivity contribution in [3.63, 3.8) is 0 Å². The lowest BCUT2D eigenvalue weighted by Crippen LogP contribution is -2.53. The lowest BCUT2D eigenvalue weighted by atomic mass is 9.54. The molecule has 5 rings (SSSR count). The van der Waals surface area contributed by atoms with Gasteiger partial charge in [-0.05, 0) is 82.3 Å². The summed E-state index contributed by atoms with van der Waals surface area (Å²) in [5.74, 6) is 2.68. The lowest BCUT2D eigenvalue weighted by Gasteiger charge is -2.57. The van der Waals surface area contributed by atoms with Gasteiger partial charge >= 0.3 is 0 Å². The highest BCUT2D eigenvalue weighted by Gasteiger charge is 2.52. The van der Waals surface area contributed by atoms with Gasteiger partial charge in [-0.25, -0.2) is 0 Å². The molecule has 4 bridgehead atoms. The van der Waals surface area contributed by atoms with Crippen LogP contribution in [0, 0.1) is 24.7 Å². The maximum absolute atomic E-state index is 12.3. The summed E-state index contributed by atoms with van der Waals surface area (Å²) < 4.78 is 6.54. The highest BCUT2D eigenvalue weighted by molar-refractivity contribution is 5.94. The molecule has 0 saturated heterocycles. The maximum atomic E-state index is 12.3. The maximum Gasteiger partial charge on any atom is 0.251 e. The number of benzene rings is 1. The molecule has 4 aliphatic rings. The van der Waals surface area contributed by atoms with Gasteiger partial charge in [-0.3, -0.25) is 4.79 Å². The molecule has 0 unspecified atom stereocenters. The van der Waals surface area contributed by atoms with Crippen molar-refractivity contribution in [3.8, 4) is 0 Å². The molecule has 3 nitrogen and oxygen atoms in total. The van der Waals surface area contributed by atoms with Gasteiger partial charge < -0.3 is 10.1 Å². The zero-order valence-electron chi connectivity index (χ0n) is 14.9. The molecular weight excluding hydrogens is 298 g/mol. The second-order valence-corrected chi connectivity index (χ2v) is 8.61. The minimum absolute atomic E-state index is 0.00374. The molecule has 1 atom stereocenters. The molecule has 130 valence electrons. The Morgan fingerprint density at radius 2 is 1.67 bits per heavy atom. The largest absolute Gasteiger partial charge is 0.370 e. The van der Waals surface area contributed by atoms with Crippen LogP contribution in [-0.4, -0.2) is 24.2 Å². The van der Waals surface area contributed by atoms with Gasteiger partial charge in [-0.1, -0.05) is 17.7 Å². The molecule has 4 saturated carbocycles. The average molecular weight is 327 g/mol. The summed E-state index contributed by atoms with van der Waals surface area (Å²) in [4.78, 5) is 12.3. The second kappa shape index (κ2) is 6.18. The Morgan fingerprint density at radius 3 is 2.21 bits per heavy atom. The summed E-state index contributed by atoms with van der Waals surface area (Å²) in [6.45, 7) is 4.73. The van der Waals surface area contributed by atoms with E-state index in [1.807, 2.05) is 31.2 Å². The third-order valence-corrected chi connectivity index (χ3v) is 6.30. The standard InChI is InChI=1S/C21H29NO2/c1-14-3-5-19(6-4-14)20(23)22-13-15(2)24-21-10-16-7-17(11-21)9-18(8-16)12-21/h3-6,15-18H,7-13H2,1-2H3,(H,22,23)/t15-,16?,17?,18?,21?/m1/s1. The Bertz CT molecular complexity index is 571. The van der Waals surface area contributed by atoms with Crippen LogP contribution in [-0.2, 0) is 4.74 Å². The number of rotatable bonds is 5. The average Bonchev–Trinajstić information content (AvgIpc) is 2.51. The summed E-state index contributed by atoms with van der Waals surface area (Å²) in [6, 6.07) is 7.72. The zero-order chi connectivity index (χ0) is 16.7. The van der Waals surface area contributed by atoms with Gasteiger partial charge in [0.05, 0.1) is 11.7 Å². The highest BCUT2D eigenvalue weighted by atomic mass is 16.5. The molecular formula is C21H29NO2. The third kappa shape index (κ3) is 3.23. The minimum atomic E-state index is -0.00374. The summed E-state index contributed by atoms with van der Waals surface area (Å²) in [5.41, 5.74) is 2.01. The zero-order valence-corrected chi connectivity index (χ0v) is 14.9. The first-order valence-corrected chi connectivity index (χ1v) is 9.54. The van der Waals surface area contributed by atoms with Gasteiger partial charge in [0, 0.05) is 12.1 Å². The first kappa shape index (κ1) is 16.1. The van der Waals surface area contributed by atoms with Crippen molar-refractivity contribution in [3.05, 3.63) is 35.4 Å². The predicted molar refractivity (Wildman–Crippen MR) is 95.0 cm³/mol. The van der Waals surface area contributed by atoms with Crippen LogP contribution in [0.3, 0.4) is 0 Å². The topological polar surface area (TPSA) is 38.3 Å². The first-order chi connectivity index (χ1) is 11.5. The van der Waals surface area contributed by atoms with E-state index in [1.54, 1.807) is 0 Å². The van der Waals surface area contributed by atoms with Gasteiger partial charge in [-0.2, -0.15) is 0 Å². The normalized spacial score (nSPS) is 35.0. The van der Waals surface area contributed by atoms with Crippen LogP contribution in [0.15, 0.2) is 24.3 Å². The van der Waals surface area contributed by atoms with Crippen LogP contribution < -0.4 is 5.32 Å². The third-order valence-electron chi connectivity index (χ3n) is 6.30. The fraction of sp³-hybridized carbons (Fsp3) is 0.667. The predicted octanol–water partition coefficient (Wildman–Crippen LogP) is 4.10. The Kier molecular flexibility index (Phi) is 4.16. The number of nitrogens with one attached hydrogen (secondary N) is 1. The van der Waals surface area contributed by atoms with E-state index in [9.17, 15) is 4.79 Å². The second-order valence-electron chi connectivity index (χ2n) is 8.61. The number of amides is 1. The van der Waals surface area contributed by atoms with Crippen molar-refractivity contribution in [2.45, 2.75) is 64.1 Å². The van der Waals surface area contributed by atoms with Crippen molar-refractivity contribution in [1.82, 2.24) is 5.32 Å². The molecule has 0 aromatic heterocycles. The fourth-order valence-corrected chi connectivity index (χ4v) is 5.69. The van der Waals surface area contributed by atoms with Crippen LogP contribution in [0.4, 0.5) is 0 Å². The Labute approximate surface area is 145 Å². The quantitative estimate of drug-likeness (QED) is 0.884. The molecule has 1 amide bonds. The number of carbonyl (C=O) groups excluding carboxylic acids is 1. The lowest BCUT2D eigenvalue weighted by molar-refractivity contribution is -0.182. The molecule has 0 heterocycles. The smallest absolute Gasteiger partial charge is 0.251 e. The number of hydrogen-bond acceptors (Lipinski definition) is 2. The van der Waals surface area contributed by atoms with Gasteiger partial charge in [0.2, 0.25) is 0 Å². The number of carbonyl (C=O) groups is 1. The van der Waals surface area contributed by atoms with Crippen LogP contribution >= 0.6 is 0 Å². The summed E-state index contributed by atoms with van der Waals surface area (Å²) in [7, 11) is 0. The van der Waals surface area contributed by atoms with Crippen LogP contribution in [0.5, 0.6) is 0 Å². The van der Waals surface area contributed by atoms with E-state index in [1.165, 1.54) is 44.1 Å². The Morgan fingerprint density at radius 1 is 1.12 bits per heavy atom. The molecule has 24 heavy (non-hydrogen) atoms. The van der Waals surface area contributed by atoms with Crippen molar-refractivity contribution in [2.75, 3.05) is 6.54 Å². The molecule has 3 heteroatoms. The Hall–Kier alpha value is -1.35. The van der Waals surface area contributed by atoms with E-state index >= 15 is 0 Å². The van der Waals surface area contributed by atoms with Crippen molar-refractivity contribution >= 4 is 5.91 Å². The van der Waals surface area contributed by atoms with Crippen molar-refractivity contribution < 1.29 is 9.53 Å².